The molecule has 34 heavy (non-hydrogen) atoms. The third kappa shape index (κ3) is 4.26. The molecule has 3 atom stereocenters. The molecule has 2 fully saturated rings. The van der Waals surface area contributed by atoms with Crippen molar-refractivity contribution in [2.24, 2.45) is 0 Å². The van der Waals surface area contributed by atoms with Gasteiger partial charge in [-0.25, -0.2) is 4.98 Å². The molecule has 180 valence electrons. The largest absolute Gasteiger partial charge is 0.408 e. The van der Waals surface area contributed by atoms with Gasteiger partial charge in [0.15, 0.2) is 11.5 Å². The van der Waals surface area contributed by atoms with Crippen LogP contribution in [0.25, 0.3) is 28.1 Å². The van der Waals surface area contributed by atoms with Crippen LogP contribution in [0.4, 0.5) is 13.2 Å². The number of fused-ring (bicyclic) bond motifs is 4. The van der Waals surface area contributed by atoms with E-state index >= 15 is 0 Å². The second kappa shape index (κ2) is 9.23. The van der Waals surface area contributed by atoms with Crippen molar-refractivity contribution in [1.29, 1.82) is 0 Å². The second-order valence-corrected chi connectivity index (χ2v) is 9.30. The fourth-order valence-corrected chi connectivity index (χ4v) is 5.29. The van der Waals surface area contributed by atoms with E-state index in [0.29, 0.717) is 30.3 Å². The number of hydrogen-bond donors (Lipinski definition) is 1. The Morgan fingerprint density at radius 3 is 2.56 bits per heavy atom. The molecule has 6 rings (SSSR count). The number of benzene rings is 1. The van der Waals surface area contributed by atoms with Crippen molar-refractivity contribution in [3.8, 4) is 11.5 Å². The average Bonchev–Trinajstić information content (AvgIpc) is 3.48. The van der Waals surface area contributed by atoms with E-state index in [9.17, 15) is 13.2 Å². The van der Waals surface area contributed by atoms with Gasteiger partial charge >= 0.3 is 6.18 Å². The Morgan fingerprint density at radius 2 is 1.85 bits per heavy atom. The molecule has 0 unspecified atom stereocenters. The summed E-state index contributed by atoms with van der Waals surface area (Å²) in [5.74, 6) is 0.411. The molecule has 5 heterocycles. The molecule has 6 nitrogen and oxygen atoms in total. The zero-order valence-electron chi connectivity index (χ0n) is 17.5. The third-order valence-corrected chi connectivity index (χ3v) is 6.86. The van der Waals surface area contributed by atoms with Gasteiger partial charge in [0.2, 0.25) is 0 Å². The minimum atomic E-state index is -4.39. The maximum Gasteiger partial charge on any atom is 0.408 e. The number of likely N-dealkylation sites (tertiary alicyclic amines) is 1. The molecule has 0 aliphatic carbocycles. The smallest absolute Gasteiger partial charge is 0.311 e. The Hall–Kier alpha value is -1.98. The second-order valence-electron chi connectivity index (χ2n) is 8.38. The predicted molar refractivity (Wildman–Crippen MR) is 132 cm³/mol. The van der Waals surface area contributed by atoms with Gasteiger partial charge in [0.1, 0.15) is 11.7 Å². The van der Waals surface area contributed by atoms with Crippen LogP contribution in [0.5, 0.6) is 0 Å². The lowest BCUT2D eigenvalue weighted by Crippen LogP contribution is -2.49. The topological polar surface area (TPSA) is 58.4 Å². The number of alkyl halides is 3. The molecule has 1 aromatic carbocycles. The van der Waals surface area contributed by atoms with Gasteiger partial charge in [-0.15, -0.1) is 35.0 Å². The molecule has 2 aliphatic heterocycles. The van der Waals surface area contributed by atoms with Crippen LogP contribution in [0, 0.1) is 0 Å². The summed E-state index contributed by atoms with van der Waals surface area (Å²) in [6, 6.07) is 11.0. The third-order valence-electron chi connectivity index (χ3n) is 6.36. The van der Waals surface area contributed by atoms with E-state index in [0.717, 1.165) is 21.8 Å². The maximum atomic E-state index is 14.2. The molecule has 2 bridgehead atoms. The first-order chi connectivity index (χ1) is 15.4. The summed E-state index contributed by atoms with van der Waals surface area (Å²) in [5.41, 5.74) is 1.97. The monoisotopic (exact) mass is 574 g/mol. The molecule has 2 aliphatic rings. The number of pyridine rings is 2. The lowest BCUT2D eigenvalue weighted by atomic mass is 10.1. The van der Waals surface area contributed by atoms with Crippen molar-refractivity contribution in [3.05, 3.63) is 58.7 Å². The zero-order valence-corrected chi connectivity index (χ0v) is 20.8. The van der Waals surface area contributed by atoms with Crippen LogP contribution in [-0.4, -0.2) is 55.8 Å². The van der Waals surface area contributed by atoms with E-state index < -0.39 is 12.2 Å². The Morgan fingerprint density at radius 1 is 1.06 bits per heavy atom. The fraction of sp³-hybridized carbons (Fsp3) is 0.318. The van der Waals surface area contributed by atoms with Crippen molar-refractivity contribution < 1.29 is 13.2 Å². The van der Waals surface area contributed by atoms with Gasteiger partial charge in [0.25, 0.3) is 0 Å². The summed E-state index contributed by atoms with van der Waals surface area (Å²) in [5, 5.41) is 12.6. The van der Waals surface area contributed by atoms with Crippen LogP contribution in [-0.2, 0) is 0 Å². The van der Waals surface area contributed by atoms with Crippen LogP contribution >= 0.6 is 40.7 Å². The Labute approximate surface area is 213 Å². The van der Waals surface area contributed by atoms with Gasteiger partial charge in [-0.2, -0.15) is 13.2 Å². The molecular formula is C22H20BrCl2F3N6. The highest BCUT2D eigenvalue weighted by molar-refractivity contribution is 9.10. The highest BCUT2D eigenvalue weighted by Gasteiger charge is 2.51. The summed E-state index contributed by atoms with van der Waals surface area (Å²) in [4.78, 5) is 6.25. The summed E-state index contributed by atoms with van der Waals surface area (Å²) < 4.78 is 45.2. The highest BCUT2D eigenvalue weighted by atomic mass is 79.9. The van der Waals surface area contributed by atoms with Gasteiger partial charge in [-0.3, -0.25) is 9.30 Å². The van der Waals surface area contributed by atoms with Crippen LogP contribution in [0.15, 0.2) is 53.1 Å². The molecule has 0 saturated carbocycles. The quantitative estimate of drug-likeness (QED) is 0.364. The van der Waals surface area contributed by atoms with E-state index in [4.69, 9.17) is 0 Å². The van der Waals surface area contributed by atoms with Gasteiger partial charge in [-0.05, 0) is 36.2 Å². The molecule has 2 saturated heterocycles. The summed E-state index contributed by atoms with van der Waals surface area (Å²) in [6.45, 7) is 0.983. The minimum Gasteiger partial charge on any atom is -0.311 e. The molecule has 0 amide bonds. The van der Waals surface area contributed by atoms with E-state index in [2.05, 4.69) is 36.4 Å². The number of piperazine rings is 1. The Kier molecular flexibility index (Phi) is 6.82. The van der Waals surface area contributed by atoms with E-state index in [-0.39, 0.29) is 42.5 Å². The van der Waals surface area contributed by atoms with Crippen molar-refractivity contribution in [2.75, 3.05) is 13.1 Å². The first kappa shape index (κ1) is 25.1. The maximum absolute atomic E-state index is 14.2. The van der Waals surface area contributed by atoms with E-state index in [1.165, 1.54) is 12.3 Å². The molecule has 4 aromatic rings. The van der Waals surface area contributed by atoms with E-state index in [1.54, 1.807) is 15.4 Å². The number of hydrogen-bond acceptors (Lipinski definition) is 5. The lowest BCUT2D eigenvalue weighted by molar-refractivity contribution is -0.190. The van der Waals surface area contributed by atoms with Crippen LogP contribution in [0.2, 0.25) is 0 Å². The lowest BCUT2D eigenvalue weighted by Gasteiger charge is -2.36. The Balaban J connectivity index is 0.00000137. The first-order valence-electron chi connectivity index (χ1n) is 10.3. The molecule has 0 spiro atoms. The van der Waals surface area contributed by atoms with Crippen LogP contribution < -0.4 is 5.32 Å². The van der Waals surface area contributed by atoms with Crippen molar-refractivity contribution in [3.63, 3.8) is 0 Å². The van der Waals surface area contributed by atoms with E-state index in [1.807, 2.05) is 30.3 Å². The summed E-state index contributed by atoms with van der Waals surface area (Å²) in [6.07, 6.45) is -2.13. The number of nitrogens with zero attached hydrogens (tertiary/aromatic N) is 5. The molecule has 3 aromatic heterocycles. The fourth-order valence-electron chi connectivity index (χ4n) is 4.94. The average molecular weight is 576 g/mol. The van der Waals surface area contributed by atoms with Crippen LogP contribution in [0.3, 0.4) is 0 Å². The SMILES string of the molecule is Cl.Cl.FC(F)(F)[C@@H](c1ccc2nnc(-c3ccc4ccc(Br)cc4n3)n2c1)N1C[C@@H]2C[C@H]1CN2. The molecular weight excluding hydrogens is 556 g/mol. The van der Waals surface area contributed by atoms with Crippen LogP contribution in [0.1, 0.15) is 18.0 Å². The first-order valence-corrected chi connectivity index (χ1v) is 11.1. The van der Waals surface area contributed by atoms with Gasteiger partial charge in [0, 0.05) is 41.2 Å². The Bertz CT molecular complexity index is 1350. The van der Waals surface area contributed by atoms with Crippen molar-refractivity contribution in [2.45, 2.75) is 30.7 Å². The predicted octanol–water partition coefficient (Wildman–Crippen LogP) is 5.20. The number of aromatic nitrogens is 4. The summed E-state index contributed by atoms with van der Waals surface area (Å²) >= 11 is 3.45. The highest BCUT2D eigenvalue weighted by Crippen LogP contribution is 2.42. The number of rotatable bonds is 3. The zero-order chi connectivity index (χ0) is 22.0. The summed E-state index contributed by atoms with van der Waals surface area (Å²) in [7, 11) is 0. The van der Waals surface area contributed by atoms with Gasteiger partial charge in [-0.1, -0.05) is 34.1 Å². The normalized spacial score (nSPS) is 20.9. The minimum absolute atomic E-state index is 0. The molecule has 12 heteroatoms. The van der Waals surface area contributed by atoms with Crippen molar-refractivity contribution in [1.82, 2.24) is 29.8 Å². The molecule has 0 radical (unpaired) electrons. The standard InChI is InChI=1S/C22H18BrF3N6.2ClH/c23-14-4-1-12-2-5-17(28-18(12)7-14)21-30-29-19-6-3-13(10-32(19)21)20(22(24,25)26)31-11-15-8-16(31)9-27-15;;/h1-7,10,15-16,20,27H,8-9,11H2;2*1H/t15-,16-,20+;;/m0../s1. The molecule has 1 N–H and O–H groups in total. The van der Waals surface area contributed by atoms with Gasteiger partial charge in [0.05, 0.1) is 5.52 Å². The van der Waals surface area contributed by atoms with Gasteiger partial charge < -0.3 is 5.32 Å². The number of nitrogens with one attached hydrogen (secondary N) is 1. The van der Waals surface area contributed by atoms with Crippen molar-refractivity contribution >= 4 is 57.3 Å². The number of halogens is 6.